The van der Waals surface area contributed by atoms with Crippen LogP contribution in [0.25, 0.3) is 10.8 Å². The van der Waals surface area contributed by atoms with Gasteiger partial charge in [0.05, 0.1) is 5.41 Å². The topological polar surface area (TPSA) is 44.8 Å². The van der Waals surface area contributed by atoms with Crippen LogP contribution in [-0.4, -0.2) is 18.9 Å². The highest BCUT2D eigenvalue weighted by atomic mass is 16.7. The Kier molecular flexibility index (Phi) is 5.84. The van der Waals surface area contributed by atoms with Crippen LogP contribution in [0.5, 0.6) is 11.5 Å². The lowest BCUT2D eigenvalue weighted by Crippen LogP contribution is -2.28. The van der Waals surface area contributed by atoms with Crippen LogP contribution >= 0.6 is 0 Å². The zero-order valence-electron chi connectivity index (χ0n) is 15.1. The van der Waals surface area contributed by atoms with Crippen molar-refractivity contribution >= 4 is 16.7 Å². The van der Waals surface area contributed by atoms with Gasteiger partial charge < -0.3 is 14.2 Å². The number of rotatable bonds is 7. The Balaban J connectivity index is 2.24. The van der Waals surface area contributed by atoms with Crippen molar-refractivity contribution in [2.24, 2.45) is 5.41 Å². The van der Waals surface area contributed by atoms with Crippen LogP contribution in [-0.2, 0) is 9.53 Å². The molecular weight excluding hydrogens is 304 g/mol. The third-order valence-corrected chi connectivity index (χ3v) is 4.15. The summed E-state index contributed by atoms with van der Waals surface area (Å²) >= 11 is 0. The summed E-state index contributed by atoms with van der Waals surface area (Å²) in [5, 5.41) is 1.91. The van der Waals surface area contributed by atoms with E-state index >= 15 is 0 Å². The molecule has 0 aliphatic carbocycles. The smallest absolute Gasteiger partial charge is 0.316 e. The normalized spacial score (nSPS) is 12.9. The fourth-order valence-corrected chi connectivity index (χ4v) is 2.24. The van der Waals surface area contributed by atoms with Gasteiger partial charge in [-0.2, -0.15) is 0 Å². The summed E-state index contributed by atoms with van der Waals surface area (Å²) < 4.78 is 16.8. The Bertz CT molecular complexity index is 706. The van der Waals surface area contributed by atoms with Crippen molar-refractivity contribution in [3.63, 3.8) is 0 Å². The van der Waals surface area contributed by atoms with E-state index in [9.17, 15) is 4.79 Å². The van der Waals surface area contributed by atoms with Crippen molar-refractivity contribution in [1.82, 2.24) is 0 Å². The SMILES string of the molecule is CCOC(C)Oc1cccc2cc(OC(=O)C(C)(C)CC)ccc12. The zero-order valence-corrected chi connectivity index (χ0v) is 15.1. The van der Waals surface area contributed by atoms with E-state index in [1.54, 1.807) is 6.07 Å². The quantitative estimate of drug-likeness (QED) is 0.410. The van der Waals surface area contributed by atoms with Crippen LogP contribution in [0, 0.1) is 5.41 Å². The predicted octanol–water partition coefficient (Wildman–Crippen LogP) is 4.94. The second-order valence-electron chi connectivity index (χ2n) is 6.41. The Labute approximate surface area is 143 Å². The molecule has 0 aliphatic heterocycles. The number of hydrogen-bond donors (Lipinski definition) is 0. The number of ether oxygens (including phenoxy) is 3. The van der Waals surface area contributed by atoms with Crippen molar-refractivity contribution in [3.05, 3.63) is 36.4 Å². The van der Waals surface area contributed by atoms with Gasteiger partial charge in [-0.05, 0) is 63.8 Å². The second-order valence-corrected chi connectivity index (χ2v) is 6.41. The van der Waals surface area contributed by atoms with Crippen molar-refractivity contribution in [1.29, 1.82) is 0 Å². The molecule has 0 saturated heterocycles. The molecule has 2 rings (SSSR count). The molecule has 130 valence electrons. The highest BCUT2D eigenvalue weighted by Crippen LogP contribution is 2.31. The first kappa shape index (κ1) is 18.3. The second kappa shape index (κ2) is 7.67. The maximum atomic E-state index is 12.2. The Morgan fingerprint density at radius 3 is 2.58 bits per heavy atom. The van der Waals surface area contributed by atoms with Crippen LogP contribution in [0.15, 0.2) is 36.4 Å². The van der Waals surface area contributed by atoms with Gasteiger partial charge in [-0.1, -0.05) is 19.1 Å². The molecule has 0 bridgehead atoms. The molecule has 0 radical (unpaired) electrons. The number of carbonyl (C=O) groups excluding carboxylic acids is 1. The van der Waals surface area contributed by atoms with Crippen molar-refractivity contribution in [3.8, 4) is 11.5 Å². The van der Waals surface area contributed by atoms with Crippen LogP contribution < -0.4 is 9.47 Å². The first-order valence-electron chi connectivity index (χ1n) is 8.40. The number of esters is 1. The monoisotopic (exact) mass is 330 g/mol. The predicted molar refractivity (Wildman–Crippen MR) is 95.4 cm³/mol. The minimum absolute atomic E-state index is 0.221. The summed E-state index contributed by atoms with van der Waals surface area (Å²) in [6.45, 7) is 10.1. The van der Waals surface area contributed by atoms with Gasteiger partial charge in [0.15, 0.2) is 6.29 Å². The standard InChI is InChI=1S/C20H26O4/c1-6-20(4,5)19(21)24-16-11-12-17-15(13-16)9-8-10-18(17)23-14(3)22-7-2/h8-14H,6-7H2,1-5H3. The lowest BCUT2D eigenvalue weighted by atomic mass is 9.91. The molecule has 2 aromatic carbocycles. The summed E-state index contributed by atoms with van der Waals surface area (Å²) in [5.41, 5.74) is -0.493. The number of hydrogen-bond acceptors (Lipinski definition) is 4. The Morgan fingerprint density at radius 1 is 1.17 bits per heavy atom. The largest absolute Gasteiger partial charge is 0.465 e. The van der Waals surface area contributed by atoms with Crippen LogP contribution in [0.2, 0.25) is 0 Å². The third-order valence-electron chi connectivity index (χ3n) is 4.15. The molecule has 0 amide bonds. The van der Waals surface area contributed by atoms with E-state index in [-0.39, 0.29) is 12.3 Å². The summed E-state index contributed by atoms with van der Waals surface area (Å²) in [7, 11) is 0. The van der Waals surface area contributed by atoms with Crippen molar-refractivity contribution in [2.45, 2.75) is 47.3 Å². The molecule has 1 atom stereocenters. The molecular formula is C20H26O4. The van der Waals surface area contributed by atoms with Gasteiger partial charge in [0.1, 0.15) is 11.5 Å². The van der Waals surface area contributed by atoms with Crippen LogP contribution in [0.4, 0.5) is 0 Å². The average Bonchev–Trinajstić information content (AvgIpc) is 2.55. The molecule has 0 aliphatic rings. The number of benzene rings is 2. The van der Waals surface area contributed by atoms with Gasteiger partial charge in [0.2, 0.25) is 0 Å². The molecule has 4 heteroatoms. The van der Waals surface area contributed by atoms with Gasteiger partial charge in [-0.3, -0.25) is 4.79 Å². The first-order valence-corrected chi connectivity index (χ1v) is 8.40. The number of fused-ring (bicyclic) bond motifs is 1. The third kappa shape index (κ3) is 4.26. The van der Waals surface area contributed by atoms with E-state index in [0.29, 0.717) is 12.4 Å². The minimum Gasteiger partial charge on any atom is -0.465 e. The lowest BCUT2D eigenvalue weighted by molar-refractivity contribution is -0.144. The van der Waals surface area contributed by atoms with E-state index < -0.39 is 5.41 Å². The zero-order chi connectivity index (χ0) is 17.7. The molecule has 1 unspecified atom stereocenters. The molecule has 0 spiro atoms. The highest BCUT2D eigenvalue weighted by molar-refractivity contribution is 5.90. The first-order chi connectivity index (χ1) is 11.4. The molecule has 24 heavy (non-hydrogen) atoms. The Morgan fingerprint density at radius 2 is 1.92 bits per heavy atom. The van der Waals surface area contributed by atoms with E-state index in [0.717, 1.165) is 22.9 Å². The van der Waals surface area contributed by atoms with Gasteiger partial charge in [-0.25, -0.2) is 0 Å². The van der Waals surface area contributed by atoms with Crippen LogP contribution in [0.1, 0.15) is 41.0 Å². The highest BCUT2D eigenvalue weighted by Gasteiger charge is 2.27. The van der Waals surface area contributed by atoms with Crippen molar-refractivity contribution < 1.29 is 19.0 Å². The fraction of sp³-hybridized carbons (Fsp3) is 0.450. The summed E-state index contributed by atoms with van der Waals surface area (Å²) in [5.74, 6) is 1.07. The van der Waals surface area contributed by atoms with Crippen molar-refractivity contribution in [2.75, 3.05) is 6.61 Å². The molecule has 0 saturated carbocycles. The molecule has 0 fully saturated rings. The van der Waals surface area contributed by atoms with Gasteiger partial charge in [0.25, 0.3) is 0 Å². The summed E-state index contributed by atoms with van der Waals surface area (Å²) in [4.78, 5) is 12.2. The Hall–Kier alpha value is -2.07. The molecule has 0 heterocycles. The van der Waals surface area contributed by atoms with Gasteiger partial charge >= 0.3 is 5.97 Å². The minimum atomic E-state index is -0.493. The van der Waals surface area contributed by atoms with Gasteiger partial charge in [0, 0.05) is 12.0 Å². The van der Waals surface area contributed by atoms with E-state index in [1.807, 2.05) is 65.0 Å². The molecule has 0 N–H and O–H groups in total. The van der Waals surface area contributed by atoms with E-state index in [4.69, 9.17) is 14.2 Å². The fourth-order valence-electron chi connectivity index (χ4n) is 2.24. The molecule has 2 aromatic rings. The maximum absolute atomic E-state index is 12.2. The number of carbonyl (C=O) groups is 1. The van der Waals surface area contributed by atoms with Gasteiger partial charge in [-0.15, -0.1) is 0 Å². The average molecular weight is 330 g/mol. The maximum Gasteiger partial charge on any atom is 0.316 e. The molecule has 4 nitrogen and oxygen atoms in total. The lowest BCUT2D eigenvalue weighted by Gasteiger charge is -2.20. The summed E-state index contributed by atoms with van der Waals surface area (Å²) in [6.07, 6.45) is 0.413. The van der Waals surface area contributed by atoms with E-state index in [1.165, 1.54) is 0 Å². The molecule has 0 aromatic heterocycles. The van der Waals surface area contributed by atoms with Crippen LogP contribution in [0.3, 0.4) is 0 Å². The van der Waals surface area contributed by atoms with E-state index in [2.05, 4.69) is 0 Å². The summed E-state index contributed by atoms with van der Waals surface area (Å²) in [6, 6.07) is 11.4.